The highest BCUT2D eigenvalue weighted by Gasteiger charge is 2.29. The highest BCUT2D eigenvalue weighted by Crippen LogP contribution is 2.18. The van der Waals surface area contributed by atoms with Gasteiger partial charge in [0.05, 0.1) is 5.92 Å². The number of hydrogen-bond acceptors (Lipinski definition) is 4. The van der Waals surface area contributed by atoms with Crippen molar-refractivity contribution in [3.8, 4) is 0 Å². The Morgan fingerprint density at radius 1 is 1.53 bits per heavy atom. The van der Waals surface area contributed by atoms with E-state index in [9.17, 15) is 4.79 Å². The van der Waals surface area contributed by atoms with Crippen LogP contribution >= 0.6 is 11.6 Å². The van der Waals surface area contributed by atoms with Crippen molar-refractivity contribution in [2.45, 2.75) is 13.8 Å². The Balaban J connectivity index is 2.07. The fourth-order valence-electron chi connectivity index (χ4n) is 1.95. The molecule has 0 bridgehead atoms. The van der Waals surface area contributed by atoms with E-state index in [4.69, 9.17) is 11.6 Å². The first-order chi connectivity index (χ1) is 8.06. The predicted octanol–water partition coefficient (Wildman–Crippen LogP) is 1.23. The summed E-state index contributed by atoms with van der Waals surface area (Å²) in [5.41, 5.74) is 0.734. The number of anilines is 1. The first kappa shape index (κ1) is 12.3. The minimum absolute atomic E-state index is 0.0297. The number of nitrogens with one attached hydrogen (secondary N) is 2. The summed E-state index contributed by atoms with van der Waals surface area (Å²) in [4.78, 5) is 20.1. The van der Waals surface area contributed by atoms with Gasteiger partial charge in [0.25, 0.3) is 0 Å². The number of rotatable bonds is 2. The molecule has 2 unspecified atom stereocenters. The molecule has 2 atom stereocenters. The molecule has 0 radical (unpaired) electrons. The van der Waals surface area contributed by atoms with E-state index in [2.05, 4.69) is 20.6 Å². The summed E-state index contributed by atoms with van der Waals surface area (Å²) in [6.45, 7) is 5.43. The van der Waals surface area contributed by atoms with E-state index in [-0.39, 0.29) is 17.8 Å². The molecule has 2 heterocycles. The van der Waals surface area contributed by atoms with Crippen LogP contribution in [0.15, 0.2) is 6.07 Å². The van der Waals surface area contributed by atoms with Crippen LogP contribution in [0.3, 0.4) is 0 Å². The number of nitrogens with zero attached hydrogens (tertiary/aromatic N) is 2. The lowest BCUT2D eigenvalue weighted by atomic mass is 9.97. The molecule has 0 saturated carbocycles. The Morgan fingerprint density at radius 2 is 2.29 bits per heavy atom. The fraction of sp³-hybridized carbons (Fsp3) is 0.545. The Hall–Kier alpha value is -1.20. The smallest absolute Gasteiger partial charge is 0.231 e. The summed E-state index contributed by atoms with van der Waals surface area (Å²) in [5.74, 6) is 0.524. The van der Waals surface area contributed by atoms with Gasteiger partial charge in [-0.1, -0.05) is 18.5 Å². The molecule has 2 N–H and O–H groups in total. The number of aryl methyl sites for hydroxylation is 1. The van der Waals surface area contributed by atoms with Crippen molar-refractivity contribution in [1.82, 2.24) is 15.3 Å². The summed E-state index contributed by atoms with van der Waals surface area (Å²) < 4.78 is 0. The fourth-order valence-corrected chi connectivity index (χ4v) is 2.19. The van der Waals surface area contributed by atoms with Crippen LogP contribution in [-0.2, 0) is 4.79 Å². The van der Waals surface area contributed by atoms with Crippen LogP contribution in [0.5, 0.6) is 0 Å². The van der Waals surface area contributed by atoms with Gasteiger partial charge >= 0.3 is 0 Å². The largest absolute Gasteiger partial charge is 0.316 e. The van der Waals surface area contributed by atoms with Crippen molar-refractivity contribution < 1.29 is 4.79 Å². The Labute approximate surface area is 105 Å². The van der Waals surface area contributed by atoms with Crippen molar-refractivity contribution in [1.29, 1.82) is 0 Å². The van der Waals surface area contributed by atoms with Crippen molar-refractivity contribution >= 4 is 23.5 Å². The summed E-state index contributed by atoms with van der Waals surface area (Å²) in [7, 11) is 0. The molecule has 92 valence electrons. The van der Waals surface area contributed by atoms with E-state index in [0.29, 0.717) is 17.6 Å². The molecule has 1 aliphatic heterocycles. The molecule has 17 heavy (non-hydrogen) atoms. The molecule has 1 aromatic heterocycles. The van der Waals surface area contributed by atoms with Gasteiger partial charge in [-0.05, 0) is 25.5 Å². The number of halogens is 1. The molecular formula is C11H15ClN4O. The normalized spacial score (nSPS) is 23.7. The average Bonchev–Trinajstić information content (AvgIpc) is 2.62. The van der Waals surface area contributed by atoms with E-state index in [0.717, 1.165) is 12.2 Å². The van der Waals surface area contributed by atoms with Crippen LogP contribution in [0, 0.1) is 18.8 Å². The Kier molecular flexibility index (Phi) is 3.59. The highest BCUT2D eigenvalue weighted by molar-refractivity contribution is 6.29. The molecule has 1 aromatic rings. The monoisotopic (exact) mass is 254 g/mol. The molecule has 1 fully saturated rings. The lowest BCUT2D eigenvalue weighted by Crippen LogP contribution is -2.28. The molecule has 1 saturated heterocycles. The van der Waals surface area contributed by atoms with Crippen LogP contribution in [0.25, 0.3) is 0 Å². The third-order valence-electron chi connectivity index (χ3n) is 2.91. The van der Waals surface area contributed by atoms with Gasteiger partial charge in [-0.25, -0.2) is 9.97 Å². The second kappa shape index (κ2) is 4.98. The number of carbonyl (C=O) groups excluding carboxylic acids is 1. The maximum Gasteiger partial charge on any atom is 0.231 e. The Bertz CT molecular complexity index is 417. The molecule has 0 spiro atoms. The van der Waals surface area contributed by atoms with Gasteiger partial charge in [0.2, 0.25) is 11.9 Å². The molecule has 2 rings (SSSR count). The number of aromatic nitrogens is 2. The van der Waals surface area contributed by atoms with Gasteiger partial charge in [0.1, 0.15) is 5.15 Å². The lowest BCUT2D eigenvalue weighted by molar-refractivity contribution is -0.120. The van der Waals surface area contributed by atoms with Gasteiger partial charge < -0.3 is 5.32 Å². The van der Waals surface area contributed by atoms with Crippen LogP contribution < -0.4 is 10.6 Å². The molecule has 0 aliphatic carbocycles. The lowest BCUT2D eigenvalue weighted by Gasteiger charge is -2.13. The van der Waals surface area contributed by atoms with Gasteiger partial charge in [-0.3, -0.25) is 10.1 Å². The maximum absolute atomic E-state index is 12.0. The topological polar surface area (TPSA) is 66.9 Å². The van der Waals surface area contributed by atoms with Gasteiger partial charge in [-0.2, -0.15) is 0 Å². The third kappa shape index (κ3) is 2.92. The summed E-state index contributed by atoms with van der Waals surface area (Å²) >= 11 is 5.81. The first-order valence-corrected chi connectivity index (χ1v) is 5.97. The molecule has 6 heteroatoms. The second-order valence-electron chi connectivity index (χ2n) is 4.39. The number of amides is 1. The number of hydrogen-bond donors (Lipinski definition) is 2. The summed E-state index contributed by atoms with van der Waals surface area (Å²) in [6, 6.07) is 1.65. The van der Waals surface area contributed by atoms with Crippen LogP contribution in [0.1, 0.15) is 12.6 Å². The minimum atomic E-state index is -0.0517. The summed E-state index contributed by atoms with van der Waals surface area (Å²) in [5, 5.41) is 6.23. The molecule has 1 amide bonds. The van der Waals surface area contributed by atoms with E-state index >= 15 is 0 Å². The zero-order chi connectivity index (χ0) is 12.4. The predicted molar refractivity (Wildman–Crippen MR) is 65.9 cm³/mol. The van der Waals surface area contributed by atoms with Crippen molar-refractivity contribution in [2.24, 2.45) is 11.8 Å². The van der Waals surface area contributed by atoms with Crippen LogP contribution in [-0.4, -0.2) is 29.0 Å². The average molecular weight is 255 g/mol. The van der Waals surface area contributed by atoms with Crippen molar-refractivity contribution in [2.75, 3.05) is 18.4 Å². The summed E-state index contributed by atoms with van der Waals surface area (Å²) in [6.07, 6.45) is 0. The van der Waals surface area contributed by atoms with Gasteiger partial charge in [0.15, 0.2) is 0 Å². The van der Waals surface area contributed by atoms with E-state index < -0.39 is 0 Å². The van der Waals surface area contributed by atoms with Crippen LogP contribution in [0.2, 0.25) is 5.15 Å². The number of carbonyl (C=O) groups is 1. The molecule has 0 aromatic carbocycles. The van der Waals surface area contributed by atoms with E-state index in [1.54, 1.807) is 6.07 Å². The SMILES string of the molecule is Cc1cc(Cl)nc(NC(=O)C2CNCC2C)n1. The molecule has 1 aliphatic rings. The standard InChI is InChI=1S/C11H15ClN4O/c1-6-4-13-5-8(6)10(17)16-11-14-7(2)3-9(12)15-11/h3,6,8,13H,4-5H2,1-2H3,(H,14,15,16,17). The van der Waals surface area contributed by atoms with Crippen molar-refractivity contribution in [3.63, 3.8) is 0 Å². The van der Waals surface area contributed by atoms with Gasteiger partial charge in [-0.15, -0.1) is 0 Å². The molecular weight excluding hydrogens is 240 g/mol. The van der Waals surface area contributed by atoms with Gasteiger partial charge in [0, 0.05) is 12.2 Å². The minimum Gasteiger partial charge on any atom is -0.316 e. The quantitative estimate of drug-likeness (QED) is 0.779. The van der Waals surface area contributed by atoms with E-state index in [1.807, 2.05) is 13.8 Å². The second-order valence-corrected chi connectivity index (χ2v) is 4.77. The zero-order valence-corrected chi connectivity index (χ0v) is 10.6. The third-order valence-corrected chi connectivity index (χ3v) is 3.11. The Morgan fingerprint density at radius 3 is 2.88 bits per heavy atom. The maximum atomic E-state index is 12.0. The molecule has 5 nitrogen and oxygen atoms in total. The van der Waals surface area contributed by atoms with E-state index in [1.165, 1.54) is 0 Å². The first-order valence-electron chi connectivity index (χ1n) is 5.59. The zero-order valence-electron chi connectivity index (χ0n) is 9.83. The van der Waals surface area contributed by atoms with Crippen LogP contribution in [0.4, 0.5) is 5.95 Å². The highest BCUT2D eigenvalue weighted by atomic mass is 35.5. The van der Waals surface area contributed by atoms with Crippen molar-refractivity contribution in [3.05, 3.63) is 16.9 Å².